The van der Waals surface area contributed by atoms with Crippen molar-refractivity contribution in [2.45, 2.75) is 25.7 Å². The van der Waals surface area contributed by atoms with E-state index < -0.39 is 41.1 Å². The van der Waals surface area contributed by atoms with Crippen molar-refractivity contribution in [2.24, 2.45) is 11.8 Å². The Balaban J connectivity index is 1.78. The van der Waals surface area contributed by atoms with Gasteiger partial charge in [0.2, 0.25) is 5.91 Å². The standard InChI is InChI=1S/C16H19N3O7/c20-14(9-26-11-7-5-10(6-8-11)19(24)25)17-18-15(21)12-3-1-2-4-13(12)16(22)23/h5-8,12-13H,1-4,9H2,(H,17,20)(H,18,21)(H,22,23)/t12-,13-/m1/s1. The molecule has 2 amide bonds. The first kappa shape index (κ1) is 19.2. The van der Waals surface area contributed by atoms with Gasteiger partial charge in [-0.3, -0.25) is 35.3 Å². The summed E-state index contributed by atoms with van der Waals surface area (Å²) in [5.74, 6) is -3.37. The summed E-state index contributed by atoms with van der Waals surface area (Å²) in [6, 6.07) is 5.18. The number of carbonyl (C=O) groups excluding carboxylic acids is 2. The summed E-state index contributed by atoms with van der Waals surface area (Å²) >= 11 is 0. The van der Waals surface area contributed by atoms with Crippen LogP contribution in [0.25, 0.3) is 0 Å². The molecule has 26 heavy (non-hydrogen) atoms. The van der Waals surface area contributed by atoms with E-state index in [0.29, 0.717) is 12.8 Å². The number of rotatable bonds is 6. The summed E-state index contributed by atoms with van der Waals surface area (Å²) in [6.07, 6.45) is 2.41. The highest BCUT2D eigenvalue weighted by Gasteiger charge is 2.35. The number of aliphatic carboxylic acids is 1. The first-order valence-electron chi connectivity index (χ1n) is 8.07. The Kier molecular flexibility index (Phi) is 6.48. The third-order valence-electron chi connectivity index (χ3n) is 4.16. The molecule has 0 saturated heterocycles. The van der Waals surface area contributed by atoms with Crippen LogP contribution in [0, 0.1) is 22.0 Å². The van der Waals surface area contributed by atoms with Crippen LogP contribution in [0.1, 0.15) is 25.7 Å². The Hall–Kier alpha value is -3.17. The summed E-state index contributed by atoms with van der Waals surface area (Å²) in [6.45, 7) is -0.412. The number of nitrogens with zero attached hydrogens (tertiary/aromatic N) is 1. The van der Waals surface area contributed by atoms with Crippen LogP contribution in [0.3, 0.4) is 0 Å². The van der Waals surface area contributed by atoms with Gasteiger partial charge >= 0.3 is 5.97 Å². The quantitative estimate of drug-likeness (QED) is 0.503. The number of nitro benzene ring substituents is 1. The fraction of sp³-hybridized carbons (Fsp3) is 0.438. The molecule has 2 atom stereocenters. The maximum absolute atomic E-state index is 12.1. The monoisotopic (exact) mass is 365 g/mol. The summed E-state index contributed by atoms with van der Waals surface area (Å²) in [5.41, 5.74) is 4.30. The molecule has 140 valence electrons. The van der Waals surface area contributed by atoms with E-state index in [9.17, 15) is 24.5 Å². The molecule has 1 fully saturated rings. The second kappa shape index (κ2) is 8.79. The second-order valence-electron chi connectivity index (χ2n) is 5.91. The third-order valence-corrected chi connectivity index (χ3v) is 4.16. The van der Waals surface area contributed by atoms with Crippen LogP contribution in [0.2, 0.25) is 0 Å². The van der Waals surface area contributed by atoms with Crippen molar-refractivity contribution < 1.29 is 29.2 Å². The van der Waals surface area contributed by atoms with E-state index in [0.717, 1.165) is 12.8 Å². The van der Waals surface area contributed by atoms with Crippen LogP contribution >= 0.6 is 0 Å². The van der Waals surface area contributed by atoms with Crippen molar-refractivity contribution >= 4 is 23.5 Å². The number of amides is 2. The highest BCUT2D eigenvalue weighted by atomic mass is 16.6. The van der Waals surface area contributed by atoms with E-state index in [1.54, 1.807) is 0 Å². The Morgan fingerprint density at radius 1 is 1.12 bits per heavy atom. The summed E-state index contributed by atoms with van der Waals surface area (Å²) in [4.78, 5) is 45.0. The van der Waals surface area contributed by atoms with E-state index in [2.05, 4.69) is 10.9 Å². The lowest BCUT2D eigenvalue weighted by molar-refractivity contribution is -0.384. The minimum atomic E-state index is -1.02. The lowest BCUT2D eigenvalue weighted by atomic mass is 9.79. The van der Waals surface area contributed by atoms with Gasteiger partial charge in [-0.2, -0.15) is 0 Å². The normalized spacial score (nSPS) is 19.2. The number of carboxylic acids is 1. The van der Waals surface area contributed by atoms with E-state index >= 15 is 0 Å². The first-order valence-corrected chi connectivity index (χ1v) is 8.07. The maximum atomic E-state index is 12.1. The largest absolute Gasteiger partial charge is 0.484 e. The van der Waals surface area contributed by atoms with Crippen molar-refractivity contribution in [1.29, 1.82) is 0 Å². The lowest BCUT2D eigenvalue weighted by Crippen LogP contribution is -2.49. The van der Waals surface area contributed by atoms with Crippen molar-refractivity contribution in [3.05, 3.63) is 34.4 Å². The van der Waals surface area contributed by atoms with Crippen LogP contribution in [0.4, 0.5) is 5.69 Å². The van der Waals surface area contributed by atoms with Gasteiger partial charge in [0.15, 0.2) is 6.61 Å². The number of hydrogen-bond acceptors (Lipinski definition) is 6. The molecule has 1 aliphatic carbocycles. The number of nitro groups is 1. The zero-order chi connectivity index (χ0) is 19.1. The molecule has 10 nitrogen and oxygen atoms in total. The molecule has 1 aliphatic rings. The van der Waals surface area contributed by atoms with Gasteiger partial charge in [0.05, 0.1) is 16.8 Å². The zero-order valence-corrected chi connectivity index (χ0v) is 13.8. The predicted molar refractivity (Wildman–Crippen MR) is 88.0 cm³/mol. The molecular formula is C16H19N3O7. The van der Waals surface area contributed by atoms with Gasteiger partial charge in [0.25, 0.3) is 11.6 Å². The van der Waals surface area contributed by atoms with Crippen molar-refractivity contribution in [2.75, 3.05) is 6.61 Å². The van der Waals surface area contributed by atoms with Crippen LogP contribution in [-0.4, -0.2) is 34.4 Å². The van der Waals surface area contributed by atoms with Crippen molar-refractivity contribution in [3.63, 3.8) is 0 Å². The van der Waals surface area contributed by atoms with Gasteiger partial charge in [-0.15, -0.1) is 0 Å². The zero-order valence-electron chi connectivity index (χ0n) is 13.8. The smallest absolute Gasteiger partial charge is 0.307 e. The molecule has 0 heterocycles. The molecule has 1 aromatic rings. The van der Waals surface area contributed by atoms with Crippen LogP contribution < -0.4 is 15.6 Å². The van der Waals surface area contributed by atoms with Gasteiger partial charge in [-0.25, -0.2) is 0 Å². The third kappa shape index (κ3) is 5.16. The number of carbonyl (C=O) groups is 3. The van der Waals surface area contributed by atoms with Gasteiger partial charge in [-0.05, 0) is 25.0 Å². The first-order chi connectivity index (χ1) is 12.4. The predicted octanol–water partition coefficient (Wildman–Crippen LogP) is 1.01. The molecule has 0 bridgehead atoms. The van der Waals surface area contributed by atoms with E-state index in [4.69, 9.17) is 9.84 Å². The average Bonchev–Trinajstić information content (AvgIpc) is 2.64. The van der Waals surface area contributed by atoms with Gasteiger partial charge < -0.3 is 9.84 Å². The Labute approximate surface area is 148 Å². The molecule has 2 rings (SSSR count). The molecule has 1 aromatic carbocycles. The number of non-ortho nitro benzene ring substituents is 1. The molecule has 10 heteroatoms. The summed E-state index contributed by atoms with van der Waals surface area (Å²) < 4.78 is 5.16. The fourth-order valence-corrected chi connectivity index (χ4v) is 2.81. The number of carboxylic acid groups (broad SMARTS) is 1. The van der Waals surface area contributed by atoms with Crippen LogP contribution in [-0.2, 0) is 14.4 Å². The highest BCUT2D eigenvalue weighted by molar-refractivity contribution is 5.87. The van der Waals surface area contributed by atoms with E-state index in [1.165, 1.54) is 24.3 Å². The van der Waals surface area contributed by atoms with Gasteiger partial charge in [-0.1, -0.05) is 12.8 Å². The SMILES string of the molecule is O=C(COc1ccc([N+](=O)[O-])cc1)NNC(=O)[C@@H]1CCCC[C@H]1C(=O)O. The van der Waals surface area contributed by atoms with Gasteiger partial charge in [0, 0.05) is 12.1 Å². The van der Waals surface area contributed by atoms with Crippen molar-refractivity contribution in [1.82, 2.24) is 10.9 Å². The molecule has 1 saturated carbocycles. The van der Waals surface area contributed by atoms with Crippen LogP contribution in [0.5, 0.6) is 5.75 Å². The number of hydrogen-bond donors (Lipinski definition) is 3. The number of hydrazine groups is 1. The molecule has 0 aliphatic heterocycles. The number of ether oxygens (including phenoxy) is 1. The fourth-order valence-electron chi connectivity index (χ4n) is 2.81. The Morgan fingerprint density at radius 3 is 2.31 bits per heavy atom. The van der Waals surface area contributed by atoms with E-state index in [-0.39, 0.29) is 11.4 Å². The second-order valence-corrected chi connectivity index (χ2v) is 5.91. The Morgan fingerprint density at radius 2 is 1.73 bits per heavy atom. The number of benzene rings is 1. The van der Waals surface area contributed by atoms with Crippen molar-refractivity contribution in [3.8, 4) is 5.75 Å². The lowest BCUT2D eigenvalue weighted by Gasteiger charge is -2.27. The van der Waals surface area contributed by atoms with Gasteiger partial charge in [0.1, 0.15) is 5.75 Å². The molecule has 0 radical (unpaired) electrons. The molecular weight excluding hydrogens is 346 g/mol. The minimum absolute atomic E-state index is 0.102. The maximum Gasteiger partial charge on any atom is 0.307 e. The van der Waals surface area contributed by atoms with E-state index in [1.807, 2.05) is 0 Å². The topological polar surface area (TPSA) is 148 Å². The molecule has 3 N–H and O–H groups in total. The molecule has 0 unspecified atom stereocenters. The van der Waals surface area contributed by atoms with Crippen LogP contribution in [0.15, 0.2) is 24.3 Å². The highest BCUT2D eigenvalue weighted by Crippen LogP contribution is 2.30. The summed E-state index contributed by atoms with van der Waals surface area (Å²) in [7, 11) is 0. The summed E-state index contributed by atoms with van der Waals surface area (Å²) in [5, 5.41) is 19.7. The Bertz CT molecular complexity index is 690. The molecule has 0 aromatic heterocycles. The number of nitrogens with one attached hydrogen (secondary N) is 2. The minimum Gasteiger partial charge on any atom is -0.484 e. The average molecular weight is 365 g/mol. The molecule has 0 spiro atoms.